The molecule has 1 aliphatic rings. The summed E-state index contributed by atoms with van der Waals surface area (Å²) in [5.41, 5.74) is -0.255. The molecular weight excluding hydrogens is 218 g/mol. The van der Waals surface area contributed by atoms with Crippen LogP contribution in [-0.4, -0.2) is 18.9 Å². The maximum absolute atomic E-state index is 12.1. The third kappa shape index (κ3) is 1.60. The SMILES string of the molecule is CC1(C(=O)c2sccc2Cl)CCNC1. The molecule has 0 saturated carbocycles. The molecule has 4 heteroatoms. The summed E-state index contributed by atoms with van der Waals surface area (Å²) in [7, 11) is 0. The first-order valence-electron chi connectivity index (χ1n) is 4.62. The van der Waals surface area contributed by atoms with Gasteiger partial charge in [0.15, 0.2) is 5.78 Å². The Morgan fingerprint density at radius 1 is 1.71 bits per heavy atom. The Balaban J connectivity index is 2.28. The minimum atomic E-state index is -0.255. The molecule has 0 aliphatic carbocycles. The summed E-state index contributed by atoms with van der Waals surface area (Å²) >= 11 is 7.38. The number of Topliss-reactive ketones (excluding diaryl/α,β-unsaturated/α-hetero) is 1. The van der Waals surface area contributed by atoms with Crippen molar-refractivity contribution in [2.24, 2.45) is 5.41 Å². The highest BCUT2D eigenvalue weighted by molar-refractivity contribution is 7.12. The number of halogens is 1. The van der Waals surface area contributed by atoms with Crippen LogP contribution >= 0.6 is 22.9 Å². The molecule has 1 atom stereocenters. The molecule has 2 heterocycles. The lowest BCUT2D eigenvalue weighted by Crippen LogP contribution is -2.29. The highest BCUT2D eigenvalue weighted by atomic mass is 35.5. The van der Waals surface area contributed by atoms with Gasteiger partial charge in [-0.05, 0) is 24.4 Å². The second-order valence-electron chi connectivity index (χ2n) is 3.91. The van der Waals surface area contributed by atoms with Crippen LogP contribution < -0.4 is 5.32 Å². The van der Waals surface area contributed by atoms with E-state index in [1.54, 1.807) is 6.07 Å². The van der Waals surface area contributed by atoms with Gasteiger partial charge in [-0.2, -0.15) is 0 Å². The third-order valence-electron chi connectivity index (χ3n) is 2.74. The van der Waals surface area contributed by atoms with Crippen LogP contribution in [0.4, 0.5) is 0 Å². The van der Waals surface area contributed by atoms with Gasteiger partial charge in [-0.1, -0.05) is 18.5 Å². The van der Waals surface area contributed by atoms with Crippen molar-refractivity contribution < 1.29 is 4.79 Å². The second-order valence-corrected chi connectivity index (χ2v) is 5.24. The zero-order chi connectivity index (χ0) is 10.2. The van der Waals surface area contributed by atoms with Crippen molar-refractivity contribution in [1.29, 1.82) is 0 Å². The van der Waals surface area contributed by atoms with Gasteiger partial charge in [0, 0.05) is 12.0 Å². The lowest BCUT2D eigenvalue weighted by atomic mass is 9.84. The van der Waals surface area contributed by atoms with Gasteiger partial charge in [-0.15, -0.1) is 11.3 Å². The predicted molar refractivity (Wildman–Crippen MR) is 59.3 cm³/mol. The van der Waals surface area contributed by atoms with Crippen LogP contribution in [0.2, 0.25) is 5.02 Å². The van der Waals surface area contributed by atoms with E-state index in [1.165, 1.54) is 11.3 Å². The molecule has 0 amide bonds. The van der Waals surface area contributed by atoms with Crippen LogP contribution in [0.1, 0.15) is 23.0 Å². The van der Waals surface area contributed by atoms with Crippen molar-refractivity contribution >= 4 is 28.7 Å². The van der Waals surface area contributed by atoms with E-state index in [0.29, 0.717) is 9.90 Å². The first kappa shape index (κ1) is 10.1. The number of hydrogen-bond donors (Lipinski definition) is 1. The fraction of sp³-hybridized carbons (Fsp3) is 0.500. The van der Waals surface area contributed by atoms with Gasteiger partial charge in [0.25, 0.3) is 0 Å². The van der Waals surface area contributed by atoms with Crippen molar-refractivity contribution in [3.63, 3.8) is 0 Å². The van der Waals surface area contributed by atoms with E-state index in [2.05, 4.69) is 5.32 Å². The number of rotatable bonds is 2. The van der Waals surface area contributed by atoms with Crippen LogP contribution in [0.3, 0.4) is 0 Å². The summed E-state index contributed by atoms with van der Waals surface area (Å²) < 4.78 is 0. The highest BCUT2D eigenvalue weighted by Gasteiger charge is 2.38. The molecule has 0 bridgehead atoms. The number of ketones is 1. The molecule has 0 aromatic carbocycles. The van der Waals surface area contributed by atoms with Crippen molar-refractivity contribution in [3.8, 4) is 0 Å². The summed E-state index contributed by atoms with van der Waals surface area (Å²) in [6.45, 7) is 3.69. The molecule has 14 heavy (non-hydrogen) atoms. The Bertz CT molecular complexity index is 355. The normalized spacial score (nSPS) is 26.7. The first-order valence-corrected chi connectivity index (χ1v) is 5.88. The highest BCUT2D eigenvalue weighted by Crippen LogP contribution is 2.34. The van der Waals surface area contributed by atoms with E-state index in [-0.39, 0.29) is 11.2 Å². The van der Waals surface area contributed by atoms with Crippen LogP contribution in [0.15, 0.2) is 11.4 Å². The monoisotopic (exact) mass is 229 g/mol. The van der Waals surface area contributed by atoms with E-state index in [1.807, 2.05) is 12.3 Å². The maximum atomic E-state index is 12.1. The number of hydrogen-bond acceptors (Lipinski definition) is 3. The second kappa shape index (κ2) is 3.65. The standard InChI is InChI=1S/C10H12ClNOS/c1-10(3-4-12-6-10)9(13)8-7(11)2-5-14-8/h2,5,12H,3-4,6H2,1H3. The lowest BCUT2D eigenvalue weighted by molar-refractivity contribution is 0.0844. The summed E-state index contributed by atoms with van der Waals surface area (Å²) in [5, 5.41) is 5.67. The third-order valence-corrected chi connectivity index (χ3v) is 4.08. The smallest absolute Gasteiger partial charge is 0.181 e. The van der Waals surface area contributed by atoms with Crippen LogP contribution in [0, 0.1) is 5.41 Å². The Labute approximate surface area is 92.3 Å². The van der Waals surface area contributed by atoms with Gasteiger partial charge in [0.1, 0.15) is 0 Å². The van der Waals surface area contributed by atoms with Gasteiger partial charge in [-0.25, -0.2) is 0 Å². The Kier molecular flexibility index (Phi) is 2.64. The largest absolute Gasteiger partial charge is 0.316 e. The van der Waals surface area contributed by atoms with Gasteiger partial charge in [0.05, 0.1) is 9.90 Å². The lowest BCUT2D eigenvalue weighted by Gasteiger charge is -2.19. The topological polar surface area (TPSA) is 29.1 Å². The van der Waals surface area contributed by atoms with E-state index in [0.717, 1.165) is 19.5 Å². The molecule has 1 aromatic rings. The van der Waals surface area contributed by atoms with E-state index >= 15 is 0 Å². The van der Waals surface area contributed by atoms with Crippen molar-refractivity contribution in [1.82, 2.24) is 5.32 Å². The van der Waals surface area contributed by atoms with Crippen LogP contribution in [-0.2, 0) is 0 Å². The molecular formula is C10H12ClNOS. The first-order chi connectivity index (χ1) is 6.63. The quantitative estimate of drug-likeness (QED) is 0.790. The Hall–Kier alpha value is -0.380. The van der Waals surface area contributed by atoms with Crippen molar-refractivity contribution in [2.75, 3.05) is 13.1 Å². The van der Waals surface area contributed by atoms with Crippen LogP contribution in [0.5, 0.6) is 0 Å². The molecule has 1 aromatic heterocycles. The Morgan fingerprint density at radius 2 is 2.50 bits per heavy atom. The molecule has 2 nitrogen and oxygen atoms in total. The average Bonchev–Trinajstić information content (AvgIpc) is 2.74. The molecule has 1 fully saturated rings. The fourth-order valence-electron chi connectivity index (χ4n) is 1.74. The molecule has 1 aliphatic heterocycles. The number of carbonyl (C=O) groups is 1. The molecule has 1 saturated heterocycles. The summed E-state index contributed by atoms with van der Waals surface area (Å²) in [4.78, 5) is 12.8. The Morgan fingerprint density at radius 3 is 3.00 bits per heavy atom. The number of nitrogens with one attached hydrogen (secondary N) is 1. The summed E-state index contributed by atoms with van der Waals surface area (Å²) in [6.07, 6.45) is 0.903. The van der Waals surface area contributed by atoms with Gasteiger partial charge >= 0.3 is 0 Å². The fourth-order valence-corrected chi connectivity index (χ4v) is 2.97. The van der Waals surface area contributed by atoms with Crippen LogP contribution in [0.25, 0.3) is 0 Å². The van der Waals surface area contributed by atoms with Gasteiger partial charge < -0.3 is 5.32 Å². The summed E-state index contributed by atoms with van der Waals surface area (Å²) in [6, 6.07) is 1.78. The predicted octanol–water partition coefficient (Wildman–Crippen LogP) is 2.58. The van der Waals surface area contributed by atoms with Crippen molar-refractivity contribution in [3.05, 3.63) is 21.3 Å². The zero-order valence-electron chi connectivity index (χ0n) is 7.97. The number of carbonyl (C=O) groups excluding carboxylic acids is 1. The molecule has 76 valence electrons. The minimum absolute atomic E-state index is 0.183. The van der Waals surface area contributed by atoms with E-state index < -0.39 is 0 Å². The molecule has 0 radical (unpaired) electrons. The van der Waals surface area contributed by atoms with E-state index in [9.17, 15) is 4.79 Å². The molecule has 0 spiro atoms. The average molecular weight is 230 g/mol. The maximum Gasteiger partial charge on any atom is 0.181 e. The molecule has 1 unspecified atom stereocenters. The molecule has 2 rings (SSSR count). The zero-order valence-corrected chi connectivity index (χ0v) is 9.54. The molecule has 1 N–H and O–H groups in total. The number of thiophene rings is 1. The minimum Gasteiger partial charge on any atom is -0.316 e. The van der Waals surface area contributed by atoms with Gasteiger partial charge in [0.2, 0.25) is 0 Å². The van der Waals surface area contributed by atoms with E-state index in [4.69, 9.17) is 11.6 Å². The summed E-state index contributed by atoms with van der Waals surface area (Å²) in [5.74, 6) is 0.183. The van der Waals surface area contributed by atoms with Crippen molar-refractivity contribution in [2.45, 2.75) is 13.3 Å². The van der Waals surface area contributed by atoms with Gasteiger partial charge in [-0.3, -0.25) is 4.79 Å².